The molecule has 5 nitrogen and oxygen atoms in total. The standard InChI is InChI=1S/C22H22FN3O2S/c1-13-5-4-6-14(2)19(13)26-21(28)20(27)24-12-11-18-15(3)25-22(29-18)16-7-9-17(23)10-8-16/h4-10H,11-12H2,1-3H3,(H,24,27)(H,26,28). The molecule has 0 bridgehead atoms. The lowest BCUT2D eigenvalue weighted by Crippen LogP contribution is -2.36. The van der Waals surface area contributed by atoms with Crippen LogP contribution in [0.1, 0.15) is 21.7 Å². The lowest BCUT2D eigenvalue weighted by Gasteiger charge is -2.11. The van der Waals surface area contributed by atoms with E-state index in [0.717, 1.165) is 32.3 Å². The quantitative estimate of drug-likeness (QED) is 0.619. The molecule has 150 valence electrons. The first kappa shape index (κ1) is 20.7. The summed E-state index contributed by atoms with van der Waals surface area (Å²) in [4.78, 5) is 29.8. The first-order chi connectivity index (χ1) is 13.8. The highest BCUT2D eigenvalue weighted by Crippen LogP contribution is 2.28. The molecule has 29 heavy (non-hydrogen) atoms. The monoisotopic (exact) mass is 411 g/mol. The number of aryl methyl sites for hydroxylation is 3. The number of carbonyl (C=O) groups is 2. The van der Waals surface area contributed by atoms with E-state index in [0.29, 0.717) is 18.7 Å². The highest BCUT2D eigenvalue weighted by molar-refractivity contribution is 7.15. The summed E-state index contributed by atoms with van der Waals surface area (Å²) in [6.07, 6.45) is 0.563. The minimum absolute atomic E-state index is 0.288. The number of nitrogens with one attached hydrogen (secondary N) is 2. The minimum Gasteiger partial charge on any atom is -0.347 e. The van der Waals surface area contributed by atoms with Crippen molar-refractivity contribution < 1.29 is 14.0 Å². The third-order valence-electron chi connectivity index (χ3n) is 4.55. The molecule has 0 saturated heterocycles. The van der Waals surface area contributed by atoms with Crippen LogP contribution in [0.25, 0.3) is 10.6 Å². The van der Waals surface area contributed by atoms with Crippen LogP contribution in [0.5, 0.6) is 0 Å². The number of benzene rings is 2. The third-order valence-corrected chi connectivity index (χ3v) is 5.81. The van der Waals surface area contributed by atoms with Crippen molar-refractivity contribution >= 4 is 28.8 Å². The lowest BCUT2D eigenvalue weighted by molar-refractivity contribution is -0.136. The molecule has 2 aromatic carbocycles. The highest BCUT2D eigenvalue weighted by Gasteiger charge is 2.16. The summed E-state index contributed by atoms with van der Waals surface area (Å²) in [6.45, 7) is 5.98. The van der Waals surface area contributed by atoms with Crippen LogP contribution in [0.2, 0.25) is 0 Å². The first-order valence-electron chi connectivity index (χ1n) is 9.23. The maximum Gasteiger partial charge on any atom is 0.313 e. The van der Waals surface area contributed by atoms with Crippen LogP contribution in [0, 0.1) is 26.6 Å². The Morgan fingerprint density at radius 2 is 1.66 bits per heavy atom. The number of halogens is 1. The van der Waals surface area contributed by atoms with Gasteiger partial charge < -0.3 is 10.6 Å². The number of aromatic nitrogens is 1. The maximum atomic E-state index is 13.1. The number of anilines is 1. The van der Waals surface area contributed by atoms with E-state index in [1.54, 1.807) is 12.1 Å². The van der Waals surface area contributed by atoms with Gasteiger partial charge in [-0.15, -0.1) is 11.3 Å². The van der Waals surface area contributed by atoms with Crippen LogP contribution in [-0.4, -0.2) is 23.3 Å². The Morgan fingerprint density at radius 3 is 2.31 bits per heavy atom. The zero-order chi connectivity index (χ0) is 21.0. The van der Waals surface area contributed by atoms with Gasteiger partial charge in [0.25, 0.3) is 0 Å². The topological polar surface area (TPSA) is 71.1 Å². The summed E-state index contributed by atoms with van der Waals surface area (Å²) >= 11 is 1.50. The van der Waals surface area contributed by atoms with Crippen molar-refractivity contribution in [2.75, 3.05) is 11.9 Å². The molecule has 1 heterocycles. The second kappa shape index (κ2) is 8.96. The van der Waals surface area contributed by atoms with Gasteiger partial charge in [-0.25, -0.2) is 9.37 Å². The highest BCUT2D eigenvalue weighted by atomic mass is 32.1. The molecule has 0 radical (unpaired) electrons. The fourth-order valence-electron chi connectivity index (χ4n) is 2.93. The Kier molecular flexibility index (Phi) is 6.39. The predicted octanol–water partition coefficient (Wildman–Crippen LogP) is 4.17. The van der Waals surface area contributed by atoms with Crippen LogP contribution < -0.4 is 10.6 Å². The summed E-state index contributed by atoms with van der Waals surface area (Å²) in [5, 5.41) is 6.13. The number of nitrogens with zero attached hydrogens (tertiary/aromatic N) is 1. The molecule has 0 aliphatic heterocycles. The summed E-state index contributed by atoms with van der Waals surface area (Å²) in [5.74, 6) is -1.65. The van der Waals surface area contributed by atoms with Gasteiger partial charge in [0, 0.05) is 29.1 Å². The number of hydrogen-bond acceptors (Lipinski definition) is 4. The Hall–Kier alpha value is -3.06. The molecule has 0 saturated carbocycles. The molecular weight excluding hydrogens is 389 g/mol. The molecular formula is C22H22FN3O2S. The zero-order valence-corrected chi connectivity index (χ0v) is 17.3. The van der Waals surface area contributed by atoms with Crippen LogP contribution in [-0.2, 0) is 16.0 Å². The smallest absolute Gasteiger partial charge is 0.313 e. The van der Waals surface area contributed by atoms with Gasteiger partial charge in [-0.3, -0.25) is 9.59 Å². The Balaban J connectivity index is 1.56. The second-order valence-electron chi connectivity index (χ2n) is 6.76. The van der Waals surface area contributed by atoms with Gasteiger partial charge >= 0.3 is 11.8 Å². The molecule has 3 aromatic rings. The van der Waals surface area contributed by atoms with Gasteiger partial charge in [0.1, 0.15) is 10.8 Å². The van der Waals surface area contributed by atoms with E-state index in [9.17, 15) is 14.0 Å². The number of rotatable bonds is 5. The minimum atomic E-state index is -0.685. The van der Waals surface area contributed by atoms with E-state index < -0.39 is 11.8 Å². The molecule has 0 fully saturated rings. The van der Waals surface area contributed by atoms with Crippen molar-refractivity contribution in [3.63, 3.8) is 0 Å². The van der Waals surface area contributed by atoms with Crippen molar-refractivity contribution in [1.29, 1.82) is 0 Å². The molecule has 7 heteroatoms. The molecule has 1 aromatic heterocycles. The van der Waals surface area contributed by atoms with Crippen molar-refractivity contribution in [1.82, 2.24) is 10.3 Å². The van der Waals surface area contributed by atoms with Gasteiger partial charge in [0.05, 0.1) is 5.69 Å². The van der Waals surface area contributed by atoms with E-state index in [1.165, 1.54) is 23.5 Å². The average molecular weight is 412 g/mol. The van der Waals surface area contributed by atoms with Crippen molar-refractivity contribution in [3.05, 3.63) is 70.0 Å². The van der Waals surface area contributed by atoms with Crippen molar-refractivity contribution in [2.45, 2.75) is 27.2 Å². The molecule has 3 rings (SSSR count). The molecule has 2 N–H and O–H groups in total. The van der Waals surface area contributed by atoms with E-state index in [1.807, 2.05) is 39.0 Å². The Bertz CT molecular complexity index is 1020. The lowest BCUT2D eigenvalue weighted by atomic mass is 10.1. The van der Waals surface area contributed by atoms with E-state index >= 15 is 0 Å². The predicted molar refractivity (Wildman–Crippen MR) is 114 cm³/mol. The molecule has 0 aliphatic carbocycles. The number of hydrogen-bond donors (Lipinski definition) is 2. The van der Waals surface area contributed by atoms with Crippen LogP contribution in [0.15, 0.2) is 42.5 Å². The van der Waals surface area contributed by atoms with E-state index in [-0.39, 0.29) is 5.82 Å². The number of amides is 2. The largest absolute Gasteiger partial charge is 0.347 e. The SMILES string of the molecule is Cc1cccc(C)c1NC(=O)C(=O)NCCc1sc(-c2ccc(F)cc2)nc1C. The van der Waals surface area contributed by atoms with Crippen LogP contribution in [0.4, 0.5) is 10.1 Å². The fraction of sp³-hybridized carbons (Fsp3) is 0.227. The Morgan fingerprint density at radius 1 is 1.00 bits per heavy atom. The summed E-state index contributed by atoms with van der Waals surface area (Å²) < 4.78 is 13.1. The van der Waals surface area contributed by atoms with Crippen LogP contribution >= 0.6 is 11.3 Å². The fourth-order valence-corrected chi connectivity index (χ4v) is 4.00. The van der Waals surface area contributed by atoms with Crippen molar-refractivity contribution in [3.8, 4) is 10.6 Å². The van der Waals surface area contributed by atoms with Gasteiger partial charge in [0.2, 0.25) is 0 Å². The van der Waals surface area contributed by atoms with Gasteiger partial charge in [-0.05, 0) is 56.2 Å². The first-order valence-corrected chi connectivity index (χ1v) is 10.0. The summed E-state index contributed by atoms with van der Waals surface area (Å²) in [7, 11) is 0. The van der Waals surface area contributed by atoms with E-state index in [4.69, 9.17) is 0 Å². The van der Waals surface area contributed by atoms with Gasteiger partial charge in [-0.2, -0.15) is 0 Å². The van der Waals surface area contributed by atoms with Crippen molar-refractivity contribution in [2.24, 2.45) is 0 Å². The molecule has 0 aliphatic rings. The number of para-hydroxylation sites is 1. The van der Waals surface area contributed by atoms with Gasteiger partial charge in [-0.1, -0.05) is 18.2 Å². The molecule has 0 atom stereocenters. The average Bonchev–Trinajstić information content (AvgIpc) is 3.06. The van der Waals surface area contributed by atoms with E-state index in [2.05, 4.69) is 15.6 Å². The number of carbonyl (C=O) groups excluding carboxylic acids is 2. The molecule has 0 spiro atoms. The van der Waals surface area contributed by atoms with Gasteiger partial charge in [0.15, 0.2) is 0 Å². The zero-order valence-electron chi connectivity index (χ0n) is 16.5. The number of thiazole rings is 1. The van der Waals surface area contributed by atoms with Crippen LogP contribution in [0.3, 0.4) is 0 Å². The Labute approximate surface area is 173 Å². The normalized spacial score (nSPS) is 10.6. The summed E-state index contributed by atoms with van der Waals surface area (Å²) in [5.41, 5.74) is 4.18. The third kappa shape index (κ3) is 5.06. The summed E-state index contributed by atoms with van der Waals surface area (Å²) in [6, 6.07) is 11.9. The molecule has 2 amide bonds. The second-order valence-corrected chi connectivity index (χ2v) is 7.84. The molecule has 0 unspecified atom stereocenters. The maximum absolute atomic E-state index is 13.1.